The van der Waals surface area contributed by atoms with E-state index >= 15 is 0 Å². The first-order chi connectivity index (χ1) is 7.90. The van der Waals surface area contributed by atoms with Crippen LogP contribution in [0, 0.1) is 0 Å². The van der Waals surface area contributed by atoms with Crippen molar-refractivity contribution < 1.29 is 0 Å². The second-order valence-corrected chi connectivity index (χ2v) is 3.78. The molecule has 0 unspecified atom stereocenters. The van der Waals surface area contributed by atoms with Crippen molar-refractivity contribution in [3.05, 3.63) is 48.3 Å². The maximum absolute atomic E-state index is 4.10. The molecule has 0 saturated carbocycles. The van der Waals surface area contributed by atoms with E-state index in [0.717, 1.165) is 13.0 Å². The topological polar surface area (TPSA) is 24.9 Å². The molecule has 0 aliphatic heterocycles. The molecule has 1 aromatic heterocycles. The summed E-state index contributed by atoms with van der Waals surface area (Å²) in [5.74, 6) is 0. The number of fused-ring (bicyclic) bond motifs is 1. The lowest BCUT2D eigenvalue weighted by molar-refractivity contribution is 0.809. The molecule has 82 valence electrons. The fourth-order valence-electron chi connectivity index (χ4n) is 1.65. The van der Waals surface area contributed by atoms with E-state index in [1.807, 2.05) is 25.5 Å². The van der Waals surface area contributed by atoms with Crippen LogP contribution in [0.1, 0.15) is 12.0 Å². The van der Waals surface area contributed by atoms with Crippen LogP contribution in [0.5, 0.6) is 0 Å². The van der Waals surface area contributed by atoms with Gasteiger partial charge in [-0.2, -0.15) is 0 Å². The maximum Gasteiger partial charge on any atom is 0.0346 e. The summed E-state index contributed by atoms with van der Waals surface area (Å²) in [6.45, 7) is 1.02. The summed E-state index contributed by atoms with van der Waals surface area (Å²) in [7, 11) is 1.97. The minimum absolute atomic E-state index is 1.02. The van der Waals surface area contributed by atoms with E-state index in [9.17, 15) is 0 Å². The molecule has 2 aromatic rings. The number of hydrogen-bond donors (Lipinski definition) is 1. The van der Waals surface area contributed by atoms with Gasteiger partial charge in [0.15, 0.2) is 0 Å². The Morgan fingerprint density at radius 3 is 3.06 bits per heavy atom. The molecule has 2 heteroatoms. The van der Waals surface area contributed by atoms with Gasteiger partial charge in [0, 0.05) is 17.8 Å². The van der Waals surface area contributed by atoms with Crippen molar-refractivity contribution in [1.29, 1.82) is 0 Å². The Morgan fingerprint density at radius 1 is 1.25 bits per heavy atom. The van der Waals surface area contributed by atoms with E-state index in [-0.39, 0.29) is 0 Å². The SMILES string of the molecule is CNCCC=Cc1ccc2cnccc2c1. The Balaban J connectivity index is 2.16. The van der Waals surface area contributed by atoms with Crippen LogP contribution in [0.3, 0.4) is 0 Å². The second kappa shape index (κ2) is 5.42. The van der Waals surface area contributed by atoms with Crippen molar-refractivity contribution in [2.24, 2.45) is 0 Å². The fourth-order valence-corrected chi connectivity index (χ4v) is 1.65. The molecule has 0 saturated heterocycles. The quantitative estimate of drug-likeness (QED) is 0.788. The van der Waals surface area contributed by atoms with Crippen LogP contribution >= 0.6 is 0 Å². The maximum atomic E-state index is 4.10. The van der Waals surface area contributed by atoms with Crippen LogP contribution < -0.4 is 5.32 Å². The number of rotatable bonds is 4. The number of nitrogens with one attached hydrogen (secondary N) is 1. The average molecular weight is 212 g/mol. The standard InChI is InChI=1S/C14H16N2/c1-15-8-3-2-4-12-5-6-14-11-16-9-7-13(14)10-12/h2,4-7,9-11,15H,3,8H2,1H3. The van der Waals surface area contributed by atoms with Gasteiger partial charge in [0.05, 0.1) is 0 Å². The smallest absolute Gasteiger partial charge is 0.0346 e. The Hall–Kier alpha value is -1.67. The highest BCUT2D eigenvalue weighted by molar-refractivity contribution is 5.83. The molecule has 16 heavy (non-hydrogen) atoms. The van der Waals surface area contributed by atoms with Gasteiger partial charge in [-0.25, -0.2) is 0 Å². The monoisotopic (exact) mass is 212 g/mol. The molecule has 0 atom stereocenters. The third-order valence-corrected chi connectivity index (χ3v) is 2.54. The lowest BCUT2D eigenvalue weighted by Crippen LogP contribution is -2.05. The van der Waals surface area contributed by atoms with E-state index in [4.69, 9.17) is 0 Å². The summed E-state index contributed by atoms with van der Waals surface area (Å²) in [5.41, 5.74) is 1.25. The van der Waals surface area contributed by atoms with Gasteiger partial charge in [-0.3, -0.25) is 4.98 Å². The van der Waals surface area contributed by atoms with E-state index in [2.05, 4.69) is 40.7 Å². The third-order valence-electron chi connectivity index (χ3n) is 2.54. The molecular weight excluding hydrogens is 196 g/mol. The molecule has 0 radical (unpaired) electrons. The van der Waals surface area contributed by atoms with Gasteiger partial charge >= 0.3 is 0 Å². The number of aromatic nitrogens is 1. The highest BCUT2D eigenvalue weighted by atomic mass is 14.8. The molecule has 0 fully saturated rings. The van der Waals surface area contributed by atoms with E-state index < -0.39 is 0 Å². The Bertz CT molecular complexity index is 489. The summed E-state index contributed by atoms with van der Waals surface area (Å²) in [6.07, 6.45) is 9.14. The van der Waals surface area contributed by atoms with Crippen molar-refractivity contribution in [1.82, 2.24) is 10.3 Å². The van der Waals surface area contributed by atoms with Crippen LogP contribution in [-0.4, -0.2) is 18.6 Å². The summed E-state index contributed by atoms with van der Waals surface area (Å²) < 4.78 is 0. The lowest BCUT2D eigenvalue weighted by atomic mass is 10.1. The molecule has 0 amide bonds. The van der Waals surface area contributed by atoms with Crippen molar-refractivity contribution >= 4 is 16.8 Å². The van der Waals surface area contributed by atoms with Crippen LogP contribution in [0.15, 0.2) is 42.7 Å². The predicted octanol–water partition coefficient (Wildman–Crippen LogP) is 2.86. The van der Waals surface area contributed by atoms with Gasteiger partial charge in [-0.1, -0.05) is 24.3 Å². The Labute approximate surface area is 96.0 Å². The minimum atomic E-state index is 1.02. The minimum Gasteiger partial charge on any atom is -0.319 e. The van der Waals surface area contributed by atoms with E-state index in [1.165, 1.54) is 16.3 Å². The molecule has 2 rings (SSSR count). The molecule has 0 aliphatic rings. The van der Waals surface area contributed by atoms with Crippen molar-refractivity contribution in [2.75, 3.05) is 13.6 Å². The summed E-state index contributed by atoms with van der Waals surface area (Å²) >= 11 is 0. The van der Waals surface area contributed by atoms with Gasteiger partial charge in [0.2, 0.25) is 0 Å². The van der Waals surface area contributed by atoms with Crippen molar-refractivity contribution in [2.45, 2.75) is 6.42 Å². The highest BCUT2D eigenvalue weighted by Crippen LogP contribution is 2.15. The molecule has 2 nitrogen and oxygen atoms in total. The zero-order valence-corrected chi connectivity index (χ0v) is 9.48. The van der Waals surface area contributed by atoms with Gasteiger partial charge in [0.25, 0.3) is 0 Å². The second-order valence-electron chi connectivity index (χ2n) is 3.78. The normalized spacial score (nSPS) is 11.3. The van der Waals surface area contributed by atoms with E-state index in [0.29, 0.717) is 0 Å². The largest absolute Gasteiger partial charge is 0.319 e. The van der Waals surface area contributed by atoms with Gasteiger partial charge < -0.3 is 5.32 Å². The van der Waals surface area contributed by atoms with Crippen molar-refractivity contribution in [3.8, 4) is 0 Å². The summed E-state index contributed by atoms with van der Waals surface area (Å²) in [5, 5.41) is 5.56. The summed E-state index contributed by atoms with van der Waals surface area (Å²) in [4.78, 5) is 4.10. The van der Waals surface area contributed by atoms with Crippen LogP contribution in [0.25, 0.3) is 16.8 Å². The first-order valence-electron chi connectivity index (χ1n) is 5.55. The first kappa shape index (κ1) is 10.8. The number of nitrogens with zero attached hydrogens (tertiary/aromatic N) is 1. The molecular formula is C14H16N2. The van der Waals surface area contributed by atoms with Crippen LogP contribution in [0.2, 0.25) is 0 Å². The lowest BCUT2D eigenvalue weighted by Gasteiger charge is -1.98. The molecule has 1 heterocycles. The number of hydrogen-bond acceptors (Lipinski definition) is 2. The van der Waals surface area contributed by atoms with E-state index in [1.54, 1.807) is 0 Å². The number of pyridine rings is 1. The molecule has 0 aliphatic carbocycles. The van der Waals surface area contributed by atoms with Crippen LogP contribution in [-0.2, 0) is 0 Å². The van der Waals surface area contributed by atoms with Crippen LogP contribution in [0.4, 0.5) is 0 Å². The average Bonchev–Trinajstić information content (AvgIpc) is 2.34. The molecule has 0 bridgehead atoms. The Morgan fingerprint density at radius 2 is 2.19 bits per heavy atom. The molecule has 1 aromatic carbocycles. The molecule has 0 spiro atoms. The van der Waals surface area contributed by atoms with Gasteiger partial charge in [0.1, 0.15) is 0 Å². The van der Waals surface area contributed by atoms with Gasteiger partial charge in [-0.15, -0.1) is 0 Å². The first-order valence-corrected chi connectivity index (χ1v) is 5.55. The Kier molecular flexibility index (Phi) is 3.67. The third kappa shape index (κ3) is 2.67. The highest BCUT2D eigenvalue weighted by Gasteiger charge is 1.92. The summed E-state index contributed by atoms with van der Waals surface area (Å²) in [6, 6.07) is 8.47. The fraction of sp³-hybridized carbons (Fsp3) is 0.214. The number of benzene rings is 1. The molecule has 1 N–H and O–H groups in total. The van der Waals surface area contributed by atoms with Crippen molar-refractivity contribution in [3.63, 3.8) is 0 Å². The predicted molar refractivity (Wildman–Crippen MR) is 69.3 cm³/mol. The van der Waals surface area contributed by atoms with Gasteiger partial charge in [-0.05, 0) is 43.1 Å². The zero-order chi connectivity index (χ0) is 11.2. The zero-order valence-electron chi connectivity index (χ0n) is 9.48.